The second-order valence-electron chi connectivity index (χ2n) is 7.38. The van der Waals surface area contributed by atoms with E-state index in [9.17, 15) is 9.67 Å². The van der Waals surface area contributed by atoms with Crippen LogP contribution >= 0.6 is 30.6 Å². The summed E-state index contributed by atoms with van der Waals surface area (Å²) in [5.41, 5.74) is 1.22. The van der Waals surface area contributed by atoms with Crippen LogP contribution in [0.15, 0.2) is 42.5 Å². The van der Waals surface area contributed by atoms with Gasteiger partial charge in [0.15, 0.2) is 5.85 Å². The van der Waals surface area contributed by atoms with Gasteiger partial charge in [0.2, 0.25) is 0 Å². The highest BCUT2D eigenvalue weighted by Gasteiger charge is 2.40. The standard InChI is InChI=1S/C21H26Cl2NO3P/c1-24(2)15-11-13-17(14-12-15)28(26,27-16-7-4-3-5-8-16)21(25)20-18(22)9-6-10-19(20)23/h6,9-14,16,21,25H,3-5,7-8H2,1-2H3/t21-,28-/m0/s1. The molecule has 0 bridgehead atoms. The molecule has 7 heteroatoms. The number of aliphatic hydroxyl groups excluding tert-OH is 1. The molecule has 0 aliphatic heterocycles. The summed E-state index contributed by atoms with van der Waals surface area (Å²) in [5, 5.41) is 12.2. The van der Waals surface area contributed by atoms with E-state index < -0.39 is 13.2 Å². The van der Waals surface area contributed by atoms with Crippen LogP contribution in [0, 0.1) is 0 Å². The largest absolute Gasteiger partial charge is 0.378 e. The maximum Gasteiger partial charge on any atom is 0.264 e. The molecule has 0 unspecified atom stereocenters. The number of aliphatic hydroxyl groups is 1. The van der Waals surface area contributed by atoms with Crippen LogP contribution < -0.4 is 10.2 Å². The first-order chi connectivity index (χ1) is 13.3. The summed E-state index contributed by atoms with van der Waals surface area (Å²) >= 11 is 12.6. The number of benzene rings is 2. The van der Waals surface area contributed by atoms with E-state index in [1.165, 1.54) is 0 Å². The molecular formula is C21H26Cl2NO3P. The average molecular weight is 442 g/mol. The van der Waals surface area contributed by atoms with Gasteiger partial charge in [-0.3, -0.25) is 4.57 Å². The third kappa shape index (κ3) is 4.58. The number of rotatable bonds is 6. The van der Waals surface area contributed by atoms with E-state index in [4.69, 9.17) is 27.7 Å². The smallest absolute Gasteiger partial charge is 0.264 e. The van der Waals surface area contributed by atoms with E-state index in [1.54, 1.807) is 30.3 Å². The van der Waals surface area contributed by atoms with Gasteiger partial charge in [0.05, 0.1) is 6.10 Å². The highest BCUT2D eigenvalue weighted by molar-refractivity contribution is 7.67. The molecule has 2 aromatic rings. The lowest BCUT2D eigenvalue weighted by Crippen LogP contribution is -2.23. The first-order valence-corrected chi connectivity index (χ1v) is 12.0. The first kappa shape index (κ1) is 21.7. The first-order valence-electron chi connectivity index (χ1n) is 9.51. The van der Waals surface area contributed by atoms with Crippen LogP contribution in [0.5, 0.6) is 0 Å². The minimum absolute atomic E-state index is 0.149. The van der Waals surface area contributed by atoms with Gasteiger partial charge in [-0.2, -0.15) is 0 Å². The minimum atomic E-state index is -3.69. The van der Waals surface area contributed by atoms with Gasteiger partial charge >= 0.3 is 0 Å². The van der Waals surface area contributed by atoms with E-state index in [2.05, 4.69) is 0 Å². The number of anilines is 1. The van der Waals surface area contributed by atoms with E-state index in [1.807, 2.05) is 31.1 Å². The lowest BCUT2D eigenvalue weighted by Gasteiger charge is -2.31. The Bertz CT molecular complexity index is 831. The number of hydrogen-bond acceptors (Lipinski definition) is 4. The second kappa shape index (κ2) is 9.19. The Kier molecular flexibility index (Phi) is 7.12. The summed E-state index contributed by atoms with van der Waals surface area (Å²) in [5.74, 6) is -1.43. The number of nitrogens with zero attached hydrogens (tertiary/aromatic N) is 1. The van der Waals surface area contributed by atoms with Gasteiger partial charge in [0.25, 0.3) is 7.37 Å². The molecule has 2 atom stereocenters. The molecule has 4 nitrogen and oxygen atoms in total. The molecular weight excluding hydrogens is 416 g/mol. The third-order valence-corrected chi connectivity index (χ3v) is 8.35. The summed E-state index contributed by atoms with van der Waals surface area (Å²) in [4.78, 5) is 1.96. The van der Waals surface area contributed by atoms with Gasteiger partial charge in [-0.15, -0.1) is 0 Å². The molecule has 0 amide bonds. The van der Waals surface area contributed by atoms with Gasteiger partial charge in [-0.25, -0.2) is 0 Å². The van der Waals surface area contributed by atoms with E-state index in [0.717, 1.165) is 37.8 Å². The Morgan fingerprint density at radius 3 is 2.14 bits per heavy atom. The Morgan fingerprint density at radius 1 is 1.04 bits per heavy atom. The molecule has 0 aromatic heterocycles. The zero-order valence-electron chi connectivity index (χ0n) is 16.1. The lowest BCUT2D eigenvalue weighted by atomic mass is 9.98. The van der Waals surface area contributed by atoms with Crippen molar-refractivity contribution in [3.05, 3.63) is 58.1 Å². The molecule has 1 N–H and O–H groups in total. The van der Waals surface area contributed by atoms with Crippen molar-refractivity contribution in [2.75, 3.05) is 19.0 Å². The van der Waals surface area contributed by atoms with Gasteiger partial charge in [0.1, 0.15) is 0 Å². The molecule has 1 aliphatic rings. The summed E-state index contributed by atoms with van der Waals surface area (Å²) < 4.78 is 20.3. The van der Waals surface area contributed by atoms with Crippen molar-refractivity contribution in [1.29, 1.82) is 0 Å². The quantitative estimate of drug-likeness (QED) is 0.558. The van der Waals surface area contributed by atoms with Crippen LogP contribution in [0.25, 0.3) is 0 Å². The maximum absolute atomic E-state index is 14.2. The monoisotopic (exact) mass is 441 g/mol. The normalized spacial score (nSPS) is 18.5. The molecule has 1 fully saturated rings. The molecule has 0 spiro atoms. The highest BCUT2D eigenvalue weighted by atomic mass is 35.5. The molecule has 0 saturated heterocycles. The molecule has 28 heavy (non-hydrogen) atoms. The van der Waals surface area contributed by atoms with E-state index >= 15 is 0 Å². The van der Waals surface area contributed by atoms with Crippen molar-refractivity contribution in [3.63, 3.8) is 0 Å². The number of hydrogen-bond donors (Lipinski definition) is 1. The van der Waals surface area contributed by atoms with Crippen LogP contribution in [0.3, 0.4) is 0 Å². The fourth-order valence-electron chi connectivity index (χ4n) is 3.54. The predicted octanol–water partition coefficient (Wildman–Crippen LogP) is 6.00. The zero-order chi connectivity index (χ0) is 20.3. The summed E-state index contributed by atoms with van der Waals surface area (Å²) in [6.07, 6.45) is 4.75. The Hall–Kier alpha value is -1.03. The molecule has 1 saturated carbocycles. The molecule has 1 aliphatic carbocycles. The average Bonchev–Trinajstić information content (AvgIpc) is 2.68. The van der Waals surface area contributed by atoms with E-state index in [0.29, 0.717) is 5.30 Å². The van der Waals surface area contributed by atoms with Crippen molar-refractivity contribution in [1.82, 2.24) is 0 Å². The van der Waals surface area contributed by atoms with Crippen molar-refractivity contribution in [2.24, 2.45) is 0 Å². The zero-order valence-corrected chi connectivity index (χ0v) is 18.6. The maximum atomic E-state index is 14.2. The predicted molar refractivity (Wildman–Crippen MR) is 117 cm³/mol. The highest BCUT2D eigenvalue weighted by Crippen LogP contribution is 2.61. The van der Waals surface area contributed by atoms with Crippen molar-refractivity contribution < 1.29 is 14.2 Å². The second-order valence-corrected chi connectivity index (χ2v) is 10.6. The topological polar surface area (TPSA) is 49.8 Å². The lowest BCUT2D eigenvalue weighted by molar-refractivity contribution is 0.137. The van der Waals surface area contributed by atoms with Crippen LogP contribution in [-0.2, 0) is 9.09 Å². The van der Waals surface area contributed by atoms with E-state index in [-0.39, 0.29) is 21.7 Å². The summed E-state index contributed by atoms with van der Waals surface area (Å²) in [6, 6.07) is 12.2. The SMILES string of the molecule is CN(C)c1ccc([P@](=O)(OC2CCCCC2)[C@H](O)c2c(Cl)cccc2Cl)cc1. The van der Waals surface area contributed by atoms with Gasteiger partial charge < -0.3 is 14.5 Å². The molecule has 152 valence electrons. The van der Waals surface area contributed by atoms with Gasteiger partial charge in [-0.05, 0) is 49.2 Å². The van der Waals surface area contributed by atoms with Crippen LogP contribution in [-0.4, -0.2) is 25.3 Å². The number of halogens is 2. The Balaban J connectivity index is 2.04. The third-order valence-electron chi connectivity index (χ3n) is 5.16. The summed E-state index contributed by atoms with van der Waals surface area (Å²) in [6.45, 7) is 0. The van der Waals surface area contributed by atoms with Crippen molar-refractivity contribution in [3.8, 4) is 0 Å². The Labute approximate surface area is 176 Å². The van der Waals surface area contributed by atoms with Gasteiger partial charge in [0, 0.05) is 40.7 Å². The van der Waals surface area contributed by atoms with Crippen LogP contribution in [0.4, 0.5) is 5.69 Å². The summed E-state index contributed by atoms with van der Waals surface area (Å²) in [7, 11) is 0.183. The minimum Gasteiger partial charge on any atom is -0.378 e. The fourth-order valence-corrected chi connectivity index (χ4v) is 6.65. The molecule has 2 aromatic carbocycles. The van der Waals surface area contributed by atoms with Gasteiger partial charge in [-0.1, -0.05) is 48.5 Å². The van der Waals surface area contributed by atoms with Crippen molar-refractivity contribution >= 4 is 41.6 Å². The Morgan fingerprint density at radius 2 is 1.61 bits per heavy atom. The molecule has 3 rings (SSSR count). The van der Waals surface area contributed by atoms with Crippen LogP contribution in [0.2, 0.25) is 10.0 Å². The molecule has 0 radical (unpaired) electrons. The van der Waals surface area contributed by atoms with Crippen LogP contribution in [0.1, 0.15) is 43.5 Å². The fraction of sp³-hybridized carbons (Fsp3) is 0.429. The molecule has 0 heterocycles. The van der Waals surface area contributed by atoms with Crippen molar-refractivity contribution in [2.45, 2.75) is 44.1 Å².